The molecule has 1 N–H and O–H groups in total. The number of benzene rings is 1. The van der Waals surface area contributed by atoms with Gasteiger partial charge in [-0.1, -0.05) is 30.3 Å². The third-order valence-corrected chi connectivity index (χ3v) is 2.64. The van der Waals surface area contributed by atoms with Crippen LogP contribution in [0.1, 0.15) is 12.1 Å². The molecule has 0 aliphatic heterocycles. The summed E-state index contributed by atoms with van der Waals surface area (Å²) >= 11 is 0. The smallest absolute Gasteiger partial charge is 0.0925 e. The van der Waals surface area contributed by atoms with Gasteiger partial charge in [0.1, 0.15) is 0 Å². The first-order chi connectivity index (χ1) is 7.81. The highest BCUT2D eigenvalue weighted by Gasteiger charge is 2.06. The van der Waals surface area contributed by atoms with Crippen LogP contribution >= 0.6 is 0 Å². The number of nitrogens with zero attached hydrogens (tertiary/aromatic N) is 2. The fourth-order valence-corrected chi connectivity index (χ4v) is 1.75. The maximum absolute atomic E-state index is 8.81. The number of aryl methyl sites for hydroxylation is 2. The Hall–Kier alpha value is -1.61. The van der Waals surface area contributed by atoms with Crippen molar-refractivity contribution in [1.82, 2.24) is 9.78 Å². The molecule has 0 aliphatic rings. The fourth-order valence-electron chi connectivity index (χ4n) is 1.75. The molecule has 0 fully saturated rings. The molecular weight excluding hydrogens is 200 g/mol. The van der Waals surface area contributed by atoms with Gasteiger partial charge in [-0.15, -0.1) is 0 Å². The zero-order valence-corrected chi connectivity index (χ0v) is 9.43. The van der Waals surface area contributed by atoms with Gasteiger partial charge in [0, 0.05) is 24.9 Å². The molecule has 0 spiro atoms. The van der Waals surface area contributed by atoms with Crippen LogP contribution < -0.4 is 0 Å². The maximum atomic E-state index is 8.81. The van der Waals surface area contributed by atoms with Crippen molar-refractivity contribution in [3.8, 4) is 11.3 Å². The lowest BCUT2D eigenvalue weighted by molar-refractivity contribution is 0.287. The molecule has 1 aromatic carbocycles. The van der Waals surface area contributed by atoms with E-state index in [0.717, 1.165) is 29.8 Å². The molecule has 0 amide bonds. The molecule has 0 radical (unpaired) electrons. The molecule has 3 heteroatoms. The topological polar surface area (TPSA) is 38.0 Å². The van der Waals surface area contributed by atoms with Crippen LogP contribution in [0, 0.1) is 0 Å². The lowest BCUT2D eigenvalue weighted by Gasteiger charge is -1.97. The molecule has 2 rings (SSSR count). The summed E-state index contributed by atoms with van der Waals surface area (Å²) in [6.07, 6.45) is 1.65. The van der Waals surface area contributed by atoms with Crippen molar-refractivity contribution in [3.63, 3.8) is 0 Å². The molecule has 1 heterocycles. The summed E-state index contributed by atoms with van der Waals surface area (Å²) < 4.78 is 1.89. The average molecular weight is 216 g/mol. The van der Waals surface area contributed by atoms with Crippen molar-refractivity contribution < 1.29 is 5.11 Å². The van der Waals surface area contributed by atoms with Gasteiger partial charge in [0.25, 0.3) is 0 Å². The monoisotopic (exact) mass is 216 g/mol. The summed E-state index contributed by atoms with van der Waals surface area (Å²) in [6, 6.07) is 12.2. The molecule has 2 aromatic rings. The summed E-state index contributed by atoms with van der Waals surface area (Å²) in [5, 5.41) is 13.3. The molecule has 0 saturated carbocycles. The van der Waals surface area contributed by atoms with Gasteiger partial charge in [0.2, 0.25) is 0 Å². The van der Waals surface area contributed by atoms with Crippen LogP contribution in [0.4, 0.5) is 0 Å². The molecule has 0 aliphatic carbocycles. The zero-order valence-electron chi connectivity index (χ0n) is 9.43. The number of aliphatic hydroxyl groups excluding tert-OH is 1. The summed E-state index contributed by atoms with van der Waals surface area (Å²) in [7, 11) is 1.94. The Kier molecular flexibility index (Phi) is 3.37. The summed E-state index contributed by atoms with van der Waals surface area (Å²) in [4.78, 5) is 0. The molecule has 0 unspecified atom stereocenters. The van der Waals surface area contributed by atoms with Crippen molar-refractivity contribution in [1.29, 1.82) is 0 Å². The number of rotatable bonds is 4. The number of aliphatic hydroxyl groups is 1. The molecule has 3 nitrogen and oxygen atoms in total. The van der Waals surface area contributed by atoms with Crippen molar-refractivity contribution in [2.45, 2.75) is 12.8 Å². The Morgan fingerprint density at radius 2 is 2.00 bits per heavy atom. The van der Waals surface area contributed by atoms with Gasteiger partial charge in [-0.3, -0.25) is 4.68 Å². The van der Waals surface area contributed by atoms with E-state index < -0.39 is 0 Å². The van der Waals surface area contributed by atoms with E-state index in [1.165, 1.54) is 0 Å². The van der Waals surface area contributed by atoms with Crippen LogP contribution in [0.25, 0.3) is 11.3 Å². The largest absolute Gasteiger partial charge is 0.396 e. The highest BCUT2D eigenvalue weighted by molar-refractivity contribution is 5.59. The van der Waals surface area contributed by atoms with E-state index in [-0.39, 0.29) is 6.61 Å². The second kappa shape index (κ2) is 4.94. The van der Waals surface area contributed by atoms with Crippen molar-refractivity contribution in [3.05, 3.63) is 42.1 Å². The highest BCUT2D eigenvalue weighted by atomic mass is 16.2. The second-order valence-electron chi connectivity index (χ2n) is 3.84. The Morgan fingerprint density at radius 3 is 2.69 bits per heavy atom. The predicted octanol–water partition coefficient (Wildman–Crippen LogP) is 2.01. The van der Waals surface area contributed by atoms with Crippen LogP contribution in [0.2, 0.25) is 0 Å². The first kappa shape index (κ1) is 10.9. The second-order valence-corrected chi connectivity index (χ2v) is 3.84. The highest BCUT2D eigenvalue weighted by Crippen LogP contribution is 2.18. The summed E-state index contributed by atoms with van der Waals surface area (Å²) in [5.41, 5.74) is 3.29. The van der Waals surface area contributed by atoms with E-state index in [9.17, 15) is 0 Å². The van der Waals surface area contributed by atoms with Gasteiger partial charge in [-0.05, 0) is 18.9 Å². The summed E-state index contributed by atoms with van der Waals surface area (Å²) in [6.45, 7) is 0.228. The minimum atomic E-state index is 0.228. The minimum absolute atomic E-state index is 0.228. The quantitative estimate of drug-likeness (QED) is 0.849. The number of hydrogen-bond donors (Lipinski definition) is 1. The third kappa shape index (κ3) is 2.31. The van der Waals surface area contributed by atoms with E-state index in [4.69, 9.17) is 5.11 Å². The first-order valence-electron chi connectivity index (χ1n) is 5.50. The van der Waals surface area contributed by atoms with Gasteiger partial charge in [-0.25, -0.2) is 0 Å². The van der Waals surface area contributed by atoms with E-state index in [2.05, 4.69) is 23.3 Å². The van der Waals surface area contributed by atoms with Gasteiger partial charge < -0.3 is 5.11 Å². The maximum Gasteiger partial charge on any atom is 0.0925 e. The Morgan fingerprint density at radius 1 is 1.25 bits per heavy atom. The molecule has 0 saturated heterocycles. The first-order valence-corrected chi connectivity index (χ1v) is 5.50. The average Bonchev–Trinajstić information content (AvgIpc) is 2.69. The van der Waals surface area contributed by atoms with Crippen LogP contribution in [0.3, 0.4) is 0 Å². The minimum Gasteiger partial charge on any atom is -0.396 e. The normalized spacial score (nSPS) is 10.6. The number of hydrogen-bond acceptors (Lipinski definition) is 2. The molecule has 0 bridgehead atoms. The Balaban J connectivity index is 2.24. The van der Waals surface area contributed by atoms with E-state index >= 15 is 0 Å². The van der Waals surface area contributed by atoms with Crippen LogP contribution in [0.5, 0.6) is 0 Å². The molecule has 0 atom stereocenters. The van der Waals surface area contributed by atoms with Crippen LogP contribution in [0.15, 0.2) is 36.4 Å². The van der Waals surface area contributed by atoms with Crippen molar-refractivity contribution >= 4 is 0 Å². The Bertz CT molecular complexity index is 448. The SMILES string of the molecule is Cn1nc(-c2ccccc2)cc1CCCO. The number of aromatic nitrogens is 2. The third-order valence-electron chi connectivity index (χ3n) is 2.64. The van der Waals surface area contributed by atoms with Gasteiger partial charge in [0.15, 0.2) is 0 Å². The van der Waals surface area contributed by atoms with Gasteiger partial charge in [0.05, 0.1) is 5.69 Å². The van der Waals surface area contributed by atoms with Crippen molar-refractivity contribution in [2.24, 2.45) is 7.05 Å². The van der Waals surface area contributed by atoms with Gasteiger partial charge in [-0.2, -0.15) is 5.10 Å². The molecule has 84 valence electrons. The standard InChI is InChI=1S/C13H16N2O/c1-15-12(8-5-9-16)10-13(14-15)11-6-3-2-4-7-11/h2-4,6-7,10,16H,5,8-9H2,1H3. The molecule has 16 heavy (non-hydrogen) atoms. The van der Waals surface area contributed by atoms with E-state index in [0.29, 0.717) is 0 Å². The molecular formula is C13H16N2O. The summed E-state index contributed by atoms with van der Waals surface area (Å²) in [5.74, 6) is 0. The van der Waals surface area contributed by atoms with Gasteiger partial charge >= 0.3 is 0 Å². The fraction of sp³-hybridized carbons (Fsp3) is 0.308. The Labute approximate surface area is 95.3 Å². The van der Waals surface area contributed by atoms with E-state index in [1.807, 2.05) is 29.9 Å². The van der Waals surface area contributed by atoms with Crippen LogP contribution in [-0.2, 0) is 13.5 Å². The van der Waals surface area contributed by atoms with Crippen LogP contribution in [-0.4, -0.2) is 21.5 Å². The lowest BCUT2D eigenvalue weighted by Crippen LogP contribution is -1.99. The predicted molar refractivity (Wildman–Crippen MR) is 64.1 cm³/mol. The van der Waals surface area contributed by atoms with E-state index in [1.54, 1.807) is 0 Å². The molecule has 1 aromatic heterocycles. The van der Waals surface area contributed by atoms with Crippen molar-refractivity contribution in [2.75, 3.05) is 6.61 Å². The lowest BCUT2D eigenvalue weighted by atomic mass is 10.1. The zero-order chi connectivity index (χ0) is 11.4.